The minimum Gasteiger partial charge on any atom is -0.444 e. The molecular formula is C23H25IN6O. The van der Waals surface area contributed by atoms with Crippen LogP contribution in [0.25, 0.3) is 11.5 Å². The van der Waals surface area contributed by atoms with E-state index >= 15 is 0 Å². The van der Waals surface area contributed by atoms with Crippen molar-refractivity contribution in [3.05, 3.63) is 96.4 Å². The van der Waals surface area contributed by atoms with Crippen LogP contribution >= 0.6 is 24.0 Å². The zero-order valence-electron chi connectivity index (χ0n) is 17.2. The van der Waals surface area contributed by atoms with E-state index in [1.165, 1.54) is 11.1 Å². The molecule has 4 rings (SSSR count). The van der Waals surface area contributed by atoms with Gasteiger partial charge < -0.3 is 19.6 Å². The maximum atomic E-state index is 5.58. The van der Waals surface area contributed by atoms with Gasteiger partial charge in [0, 0.05) is 38.1 Å². The summed E-state index contributed by atoms with van der Waals surface area (Å²) in [6.45, 7) is 2.03. The third-order valence-corrected chi connectivity index (χ3v) is 4.64. The predicted octanol–water partition coefficient (Wildman–Crippen LogP) is 4.07. The summed E-state index contributed by atoms with van der Waals surface area (Å²) in [5.41, 5.74) is 4.20. The van der Waals surface area contributed by atoms with E-state index in [2.05, 4.69) is 49.9 Å². The monoisotopic (exact) mass is 528 g/mol. The second-order valence-corrected chi connectivity index (χ2v) is 6.84. The molecular weight excluding hydrogens is 503 g/mol. The molecule has 0 saturated heterocycles. The van der Waals surface area contributed by atoms with E-state index in [0.29, 0.717) is 24.9 Å². The van der Waals surface area contributed by atoms with Gasteiger partial charge in [0.1, 0.15) is 6.26 Å². The van der Waals surface area contributed by atoms with Gasteiger partial charge in [-0.1, -0.05) is 42.5 Å². The summed E-state index contributed by atoms with van der Waals surface area (Å²) in [4.78, 5) is 12.9. The number of nitrogens with one attached hydrogen (secondary N) is 2. The van der Waals surface area contributed by atoms with E-state index < -0.39 is 0 Å². The molecule has 2 aromatic carbocycles. The van der Waals surface area contributed by atoms with Crippen LogP contribution < -0.4 is 10.6 Å². The summed E-state index contributed by atoms with van der Waals surface area (Å²) in [6.07, 6.45) is 7.24. The highest BCUT2D eigenvalue weighted by molar-refractivity contribution is 14.0. The Morgan fingerprint density at radius 1 is 1.00 bits per heavy atom. The number of benzene rings is 2. The van der Waals surface area contributed by atoms with E-state index in [-0.39, 0.29) is 24.0 Å². The minimum absolute atomic E-state index is 0. The maximum Gasteiger partial charge on any atom is 0.226 e. The fourth-order valence-electron chi connectivity index (χ4n) is 3.04. The first-order valence-electron chi connectivity index (χ1n) is 9.78. The van der Waals surface area contributed by atoms with Crippen molar-refractivity contribution in [2.24, 2.45) is 4.99 Å². The number of aliphatic imine (C=N–C) groups is 1. The van der Waals surface area contributed by atoms with Gasteiger partial charge in [-0.3, -0.25) is 4.99 Å². The highest BCUT2D eigenvalue weighted by Crippen LogP contribution is 2.17. The number of halogens is 1. The van der Waals surface area contributed by atoms with Crippen molar-refractivity contribution in [2.75, 3.05) is 7.05 Å². The summed E-state index contributed by atoms with van der Waals surface area (Å²) >= 11 is 0. The predicted molar refractivity (Wildman–Crippen MR) is 132 cm³/mol. The number of aromatic nitrogens is 3. The standard InChI is InChI=1S/C23H24N6O.HI/c1-24-23(27-14-21-16-30-22(28-21)20-5-3-2-4-6-20)26-13-18-7-9-19(10-8-18)15-29-12-11-25-17-29;/h2-12,16-17H,13-15H2,1H3,(H2,24,26,27);1H. The van der Waals surface area contributed by atoms with Gasteiger partial charge in [0.25, 0.3) is 0 Å². The highest BCUT2D eigenvalue weighted by Gasteiger charge is 2.07. The summed E-state index contributed by atoms with van der Waals surface area (Å²) in [7, 11) is 1.75. The third kappa shape index (κ3) is 6.42. The Bertz CT molecular complexity index is 1070. The van der Waals surface area contributed by atoms with Crippen LogP contribution in [0.2, 0.25) is 0 Å². The molecule has 4 aromatic rings. The van der Waals surface area contributed by atoms with Crippen LogP contribution in [-0.2, 0) is 19.6 Å². The molecule has 2 aromatic heterocycles. The molecule has 0 saturated carbocycles. The van der Waals surface area contributed by atoms with Gasteiger partial charge in [-0.2, -0.15) is 0 Å². The van der Waals surface area contributed by atoms with E-state index in [1.54, 1.807) is 19.5 Å². The Labute approximate surface area is 198 Å². The second-order valence-electron chi connectivity index (χ2n) is 6.84. The molecule has 0 bridgehead atoms. The van der Waals surface area contributed by atoms with Crippen molar-refractivity contribution in [1.29, 1.82) is 0 Å². The fraction of sp³-hybridized carbons (Fsp3) is 0.174. The van der Waals surface area contributed by atoms with Crippen molar-refractivity contribution in [1.82, 2.24) is 25.2 Å². The van der Waals surface area contributed by atoms with E-state index in [1.807, 2.05) is 47.4 Å². The van der Waals surface area contributed by atoms with Crippen LogP contribution in [0.4, 0.5) is 0 Å². The zero-order valence-corrected chi connectivity index (χ0v) is 19.6. The second kappa shape index (κ2) is 11.3. The first-order valence-corrected chi connectivity index (χ1v) is 9.78. The van der Waals surface area contributed by atoms with Gasteiger partial charge in [0.05, 0.1) is 18.6 Å². The molecule has 2 heterocycles. The lowest BCUT2D eigenvalue weighted by Crippen LogP contribution is -2.36. The number of oxazole rings is 1. The van der Waals surface area contributed by atoms with Gasteiger partial charge in [0.15, 0.2) is 5.96 Å². The number of rotatable bonds is 7. The number of guanidine groups is 1. The molecule has 0 fully saturated rings. The molecule has 2 N–H and O–H groups in total. The topological polar surface area (TPSA) is 80.3 Å². The average Bonchev–Trinajstić information content (AvgIpc) is 3.48. The van der Waals surface area contributed by atoms with E-state index in [9.17, 15) is 0 Å². The first kappa shape index (κ1) is 22.5. The van der Waals surface area contributed by atoms with Gasteiger partial charge in [-0.25, -0.2) is 9.97 Å². The number of imidazole rings is 1. The van der Waals surface area contributed by atoms with E-state index in [0.717, 1.165) is 17.8 Å². The van der Waals surface area contributed by atoms with Gasteiger partial charge in [0.2, 0.25) is 5.89 Å². The first-order chi connectivity index (χ1) is 14.8. The minimum atomic E-state index is 0. The normalized spacial score (nSPS) is 11.1. The quantitative estimate of drug-likeness (QED) is 0.215. The molecule has 0 amide bonds. The summed E-state index contributed by atoms with van der Waals surface area (Å²) < 4.78 is 7.63. The lowest BCUT2D eigenvalue weighted by atomic mass is 10.1. The third-order valence-electron chi connectivity index (χ3n) is 4.64. The molecule has 0 aliphatic carbocycles. The van der Waals surface area contributed by atoms with Crippen molar-refractivity contribution >= 4 is 29.9 Å². The SMILES string of the molecule is CN=C(NCc1ccc(Cn2ccnc2)cc1)NCc1coc(-c2ccccc2)n1.I. The molecule has 0 aliphatic rings. The molecule has 8 heteroatoms. The molecule has 0 radical (unpaired) electrons. The molecule has 0 spiro atoms. The van der Waals surface area contributed by atoms with Crippen LogP contribution in [-0.4, -0.2) is 27.5 Å². The number of hydrogen-bond acceptors (Lipinski definition) is 4. The highest BCUT2D eigenvalue weighted by atomic mass is 127. The Kier molecular flexibility index (Phi) is 8.22. The van der Waals surface area contributed by atoms with Gasteiger partial charge in [-0.05, 0) is 23.3 Å². The van der Waals surface area contributed by atoms with Gasteiger partial charge in [-0.15, -0.1) is 24.0 Å². The van der Waals surface area contributed by atoms with Crippen molar-refractivity contribution in [3.8, 4) is 11.5 Å². The molecule has 0 atom stereocenters. The van der Waals surface area contributed by atoms with Crippen molar-refractivity contribution < 1.29 is 4.42 Å². The Morgan fingerprint density at radius 2 is 1.74 bits per heavy atom. The lowest BCUT2D eigenvalue weighted by Gasteiger charge is -2.11. The molecule has 7 nitrogen and oxygen atoms in total. The van der Waals surface area contributed by atoms with Crippen LogP contribution in [0.15, 0.2) is 89.0 Å². The Morgan fingerprint density at radius 3 is 2.45 bits per heavy atom. The number of hydrogen-bond donors (Lipinski definition) is 2. The average molecular weight is 528 g/mol. The van der Waals surface area contributed by atoms with Crippen molar-refractivity contribution in [3.63, 3.8) is 0 Å². The molecule has 0 aliphatic heterocycles. The number of nitrogens with zero attached hydrogens (tertiary/aromatic N) is 4. The van der Waals surface area contributed by atoms with Crippen LogP contribution in [0.3, 0.4) is 0 Å². The molecule has 0 unspecified atom stereocenters. The van der Waals surface area contributed by atoms with Crippen LogP contribution in [0, 0.1) is 0 Å². The maximum absolute atomic E-state index is 5.58. The summed E-state index contributed by atoms with van der Waals surface area (Å²) in [5.74, 6) is 1.33. The fourth-order valence-corrected chi connectivity index (χ4v) is 3.04. The van der Waals surface area contributed by atoms with Crippen LogP contribution in [0.5, 0.6) is 0 Å². The smallest absolute Gasteiger partial charge is 0.226 e. The Hall–Kier alpha value is -3.14. The van der Waals surface area contributed by atoms with Crippen LogP contribution in [0.1, 0.15) is 16.8 Å². The lowest BCUT2D eigenvalue weighted by molar-refractivity contribution is 0.572. The van der Waals surface area contributed by atoms with Gasteiger partial charge >= 0.3 is 0 Å². The zero-order chi connectivity index (χ0) is 20.6. The Balaban J connectivity index is 0.00000272. The molecule has 160 valence electrons. The molecule has 31 heavy (non-hydrogen) atoms. The summed E-state index contributed by atoms with van der Waals surface area (Å²) in [6, 6.07) is 18.4. The van der Waals surface area contributed by atoms with E-state index in [4.69, 9.17) is 4.42 Å². The largest absolute Gasteiger partial charge is 0.444 e. The van der Waals surface area contributed by atoms with Crippen molar-refractivity contribution in [2.45, 2.75) is 19.6 Å². The summed E-state index contributed by atoms with van der Waals surface area (Å²) in [5, 5.41) is 6.59.